The molecular formula is C13H20N2O2. The van der Waals surface area contributed by atoms with E-state index in [0.717, 1.165) is 6.54 Å². The highest BCUT2D eigenvalue weighted by Crippen LogP contribution is 2.15. The van der Waals surface area contributed by atoms with E-state index in [4.69, 9.17) is 9.47 Å². The summed E-state index contributed by atoms with van der Waals surface area (Å²) >= 11 is 0. The summed E-state index contributed by atoms with van der Waals surface area (Å²) in [5.74, 6) is 0.687. The van der Waals surface area contributed by atoms with Crippen LogP contribution >= 0.6 is 0 Å². The van der Waals surface area contributed by atoms with Crippen molar-refractivity contribution in [2.45, 2.75) is 39.0 Å². The minimum absolute atomic E-state index is 0.117. The van der Waals surface area contributed by atoms with Gasteiger partial charge in [-0.25, -0.2) is 4.98 Å². The molecule has 2 rings (SSSR count). The van der Waals surface area contributed by atoms with Crippen molar-refractivity contribution >= 4 is 0 Å². The molecule has 1 aliphatic heterocycles. The van der Waals surface area contributed by atoms with Crippen LogP contribution in [0.4, 0.5) is 0 Å². The zero-order valence-electron chi connectivity index (χ0n) is 10.7. The Kier molecular flexibility index (Phi) is 3.64. The topological polar surface area (TPSA) is 43.4 Å². The van der Waals surface area contributed by atoms with Crippen LogP contribution in [0, 0.1) is 0 Å². The van der Waals surface area contributed by atoms with Crippen LogP contribution in [0.1, 0.15) is 26.3 Å². The molecular weight excluding hydrogens is 216 g/mol. The monoisotopic (exact) mass is 236 g/mol. The van der Waals surface area contributed by atoms with Gasteiger partial charge in [-0.05, 0) is 32.4 Å². The fourth-order valence-corrected chi connectivity index (χ4v) is 1.44. The second-order valence-electron chi connectivity index (χ2n) is 5.38. The molecule has 0 radical (unpaired) electrons. The molecule has 17 heavy (non-hydrogen) atoms. The number of nitrogens with one attached hydrogen (secondary N) is 1. The quantitative estimate of drug-likeness (QED) is 0.865. The van der Waals surface area contributed by atoms with Crippen LogP contribution in [0.25, 0.3) is 0 Å². The summed E-state index contributed by atoms with van der Waals surface area (Å²) in [6.07, 6.45) is 1.96. The first-order valence-corrected chi connectivity index (χ1v) is 5.97. The van der Waals surface area contributed by atoms with Crippen LogP contribution in [0.15, 0.2) is 18.3 Å². The van der Waals surface area contributed by atoms with Gasteiger partial charge in [-0.15, -0.1) is 0 Å². The summed E-state index contributed by atoms with van der Waals surface area (Å²) < 4.78 is 10.7. The van der Waals surface area contributed by atoms with Crippen molar-refractivity contribution < 1.29 is 9.47 Å². The van der Waals surface area contributed by atoms with Gasteiger partial charge in [-0.2, -0.15) is 0 Å². The summed E-state index contributed by atoms with van der Waals surface area (Å²) in [7, 11) is 0. The lowest BCUT2D eigenvalue weighted by molar-refractivity contribution is -0.0813. The van der Waals surface area contributed by atoms with Gasteiger partial charge in [0.25, 0.3) is 0 Å². The average Bonchev–Trinajstić information content (AvgIpc) is 2.20. The maximum atomic E-state index is 5.66. The molecule has 0 aliphatic carbocycles. The van der Waals surface area contributed by atoms with E-state index in [0.29, 0.717) is 19.1 Å². The Morgan fingerprint density at radius 2 is 2.24 bits per heavy atom. The van der Waals surface area contributed by atoms with E-state index in [1.165, 1.54) is 5.56 Å². The fourth-order valence-electron chi connectivity index (χ4n) is 1.44. The first-order chi connectivity index (χ1) is 8.03. The van der Waals surface area contributed by atoms with E-state index < -0.39 is 0 Å². The van der Waals surface area contributed by atoms with Gasteiger partial charge in [0.1, 0.15) is 6.10 Å². The third-order valence-corrected chi connectivity index (χ3v) is 2.52. The van der Waals surface area contributed by atoms with Gasteiger partial charge in [-0.3, -0.25) is 0 Å². The minimum atomic E-state index is 0.117. The molecule has 1 aromatic rings. The van der Waals surface area contributed by atoms with Gasteiger partial charge in [-0.1, -0.05) is 0 Å². The maximum absolute atomic E-state index is 5.66. The first kappa shape index (κ1) is 12.3. The van der Waals surface area contributed by atoms with Gasteiger partial charge in [0.05, 0.1) is 13.2 Å². The number of aromatic nitrogens is 1. The van der Waals surface area contributed by atoms with E-state index in [1.54, 1.807) is 6.20 Å². The third kappa shape index (κ3) is 3.98. The molecule has 0 aromatic carbocycles. The molecule has 0 bridgehead atoms. The van der Waals surface area contributed by atoms with Gasteiger partial charge >= 0.3 is 0 Å². The summed E-state index contributed by atoms with van der Waals surface area (Å²) in [4.78, 5) is 4.20. The van der Waals surface area contributed by atoms with Crippen LogP contribution in [0.3, 0.4) is 0 Å². The summed E-state index contributed by atoms with van der Waals surface area (Å²) in [6, 6.07) is 3.99. The van der Waals surface area contributed by atoms with Crippen molar-refractivity contribution in [1.82, 2.24) is 10.3 Å². The molecule has 0 atom stereocenters. The largest absolute Gasteiger partial charge is 0.469 e. The van der Waals surface area contributed by atoms with Crippen molar-refractivity contribution in [3.05, 3.63) is 23.9 Å². The van der Waals surface area contributed by atoms with Crippen molar-refractivity contribution in [2.24, 2.45) is 0 Å². The molecule has 0 amide bonds. The van der Waals surface area contributed by atoms with Crippen LogP contribution in [0.2, 0.25) is 0 Å². The average molecular weight is 236 g/mol. The van der Waals surface area contributed by atoms with E-state index in [2.05, 4.69) is 31.1 Å². The predicted octanol–water partition coefficient (Wildman–Crippen LogP) is 1.75. The Balaban J connectivity index is 1.91. The summed E-state index contributed by atoms with van der Waals surface area (Å²) in [6.45, 7) is 8.62. The Labute approximate surface area is 102 Å². The number of rotatable bonds is 4. The molecule has 4 heteroatoms. The number of hydrogen-bond acceptors (Lipinski definition) is 4. The molecule has 0 spiro atoms. The highest BCUT2D eigenvalue weighted by Gasteiger charge is 2.20. The van der Waals surface area contributed by atoms with E-state index in [1.807, 2.05) is 12.1 Å². The molecule has 4 nitrogen and oxygen atoms in total. The maximum Gasteiger partial charge on any atom is 0.213 e. The van der Waals surface area contributed by atoms with E-state index >= 15 is 0 Å². The zero-order chi connectivity index (χ0) is 12.3. The van der Waals surface area contributed by atoms with Gasteiger partial charge in [0.2, 0.25) is 5.88 Å². The molecule has 94 valence electrons. The zero-order valence-corrected chi connectivity index (χ0v) is 10.7. The second-order valence-corrected chi connectivity index (χ2v) is 5.38. The van der Waals surface area contributed by atoms with Crippen molar-refractivity contribution in [1.29, 1.82) is 0 Å². The van der Waals surface area contributed by atoms with Gasteiger partial charge in [0.15, 0.2) is 0 Å². The Hall–Kier alpha value is -1.13. The normalized spacial score (nSPS) is 16.6. The number of ether oxygens (including phenoxy) is 2. The summed E-state index contributed by atoms with van der Waals surface area (Å²) in [5, 5.41) is 3.44. The van der Waals surface area contributed by atoms with Gasteiger partial charge < -0.3 is 14.8 Å². The molecule has 1 N–H and O–H groups in total. The number of nitrogens with zero attached hydrogens (tertiary/aromatic N) is 1. The van der Waals surface area contributed by atoms with Gasteiger partial charge in [0, 0.05) is 24.3 Å². The molecule has 1 aliphatic rings. The lowest BCUT2D eigenvalue weighted by atomic mass is 10.1. The summed E-state index contributed by atoms with van der Waals surface area (Å²) in [5.41, 5.74) is 1.30. The minimum Gasteiger partial charge on any atom is -0.469 e. The van der Waals surface area contributed by atoms with E-state index in [9.17, 15) is 0 Å². The molecule has 0 unspecified atom stereocenters. The Morgan fingerprint density at radius 3 is 2.82 bits per heavy atom. The SMILES string of the molecule is CC(C)(C)NCc1ccnc(OC2COC2)c1. The predicted molar refractivity (Wildman–Crippen MR) is 66.1 cm³/mol. The van der Waals surface area contributed by atoms with Crippen LogP contribution in [0.5, 0.6) is 5.88 Å². The molecule has 0 saturated carbocycles. The Bertz CT molecular complexity index is 370. The molecule has 1 saturated heterocycles. The number of pyridine rings is 1. The molecule has 2 heterocycles. The van der Waals surface area contributed by atoms with Crippen molar-refractivity contribution in [2.75, 3.05) is 13.2 Å². The van der Waals surface area contributed by atoms with Crippen LogP contribution in [-0.4, -0.2) is 29.8 Å². The smallest absolute Gasteiger partial charge is 0.213 e. The van der Waals surface area contributed by atoms with Crippen molar-refractivity contribution in [3.63, 3.8) is 0 Å². The lowest BCUT2D eigenvalue weighted by Gasteiger charge is -2.26. The molecule has 1 aromatic heterocycles. The van der Waals surface area contributed by atoms with Crippen molar-refractivity contribution in [3.8, 4) is 5.88 Å². The standard InChI is InChI=1S/C13H20N2O2/c1-13(2,3)15-7-10-4-5-14-12(6-10)17-11-8-16-9-11/h4-6,11,15H,7-9H2,1-3H3. The molecule has 1 fully saturated rings. The highest BCUT2D eigenvalue weighted by molar-refractivity contribution is 5.20. The third-order valence-electron chi connectivity index (χ3n) is 2.52. The van der Waals surface area contributed by atoms with Crippen LogP contribution in [-0.2, 0) is 11.3 Å². The second kappa shape index (κ2) is 5.02. The fraction of sp³-hybridized carbons (Fsp3) is 0.615. The number of hydrogen-bond donors (Lipinski definition) is 1. The van der Waals surface area contributed by atoms with Crippen LogP contribution < -0.4 is 10.1 Å². The lowest BCUT2D eigenvalue weighted by Crippen LogP contribution is -2.38. The first-order valence-electron chi connectivity index (χ1n) is 5.97. The van der Waals surface area contributed by atoms with E-state index in [-0.39, 0.29) is 11.6 Å². The Morgan fingerprint density at radius 1 is 1.47 bits per heavy atom. The highest BCUT2D eigenvalue weighted by atomic mass is 16.6.